The van der Waals surface area contributed by atoms with Gasteiger partial charge in [0.2, 0.25) is 0 Å². The fourth-order valence-corrected chi connectivity index (χ4v) is 1.25. The molecule has 0 aromatic carbocycles. The van der Waals surface area contributed by atoms with Crippen LogP contribution in [0.4, 0.5) is 5.82 Å². The highest BCUT2D eigenvalue weighted by Crippen LogP contribution is 2.21. The maximum absolute atomic E-state index is 5.39. The minimum atomic E-state index is 0.497. The predicted molar refractivity (Wildman–Crippen MR) is 51.9 cm³/mol. The maximum atomic E-state index is 5.39. The van der Waals surface area contributed by atoms with Crippen LogP contribution in [0.5, 0.6) is 0 Å². The lowest BCUT2D eigenvalue weighted by atomic mass is 10.3. The Hall–Kier alpha value is -1.69. The van der Waals surface area contributed by atoms with Crippen LogP contribution >= 0.6 is 0 Å². The second-order valence-electron chi connectivity index (χ2n) is 2.89. The van der Waals surface area contributed by atoms with E-state index in [1.54, 1.807) is 0 Å². The Balaban J connectivity index is 2.46. The fraction of sp³-hybridized carbons (Fsp3) is 0.375. The number of rotatable bonds is 3. The number of anilines is 1. The largest absolute Gasteiger partial charge is 0.368 e. The molecule has 0 fully saturated rings. The summed E-state index contributed by atoms with van der Waals surface area (Å²) >= 11 is 0. The van der Waals surface area contributed by atoms with Gasteiger partial charge < -0.3 is 15.6 Å². The van der Waals surface area contributed by atoms with Crippen LogP contribution in [0.25, 0.3) is 11.1 Å². The van der Waals surface area contributed by atoms with E-state index in [2.05, 4.69) is 20.4 Å². The molecule has 6 nitrogen and oxygen atoms in total. The molecule has 0 saturated carbocycles. The van der Waals surface area contributed by atoms with Crippen molar-refractivity contribution in [1.29, 1.82) is 0 Å². The number of nitrogens with two attached hydrogens (primary N) is 1. The molecule has 0 aliphatic carbocycles. The van der Waals surface area contributed by atoms with Gasteiger partial charge in [-0.2, -0.15) is 4.98 Å². The standard InChI is InChI=1S/C8H11N5O/c1-5-6-7(10-3-2-9)11-4-12-8(6)14-13-5/h4H,2-3,9H2,1H3,(H,10,11,12). The molecule has 0 atom stereocenters. The van der Waals surface area contributed by atoms with E-state index in [1.807, 2.05) is 6.92 Å². The van der Waals surface area contributed by atoms with Crippen LogP contribution in [0.15, 0.2) is 10.9 Å². The summed E-state index contributed by atoms with van der Waals surface area (Å²) < 4.78 is 5.00. The van der Waals surface area contributed by atoms with Gasteiger partial charge in [0.05, 0.1) is 5.69 Å². The highest BCUT2D eigenvalue weighted by molar-refractivity contribution is 5.87. The molecule has 0 aliphatic rings. The molecule has 0 aliphatic heterocycles. The van der Waals surface area contributed by atoms with Crippen molar-refractivity contribution < 1.29 is 4.52 Å². The van der Waals surface area contributed by atoms with Gasteiger partial charge in [0.1, 0.15) is 17.5 Å². The highest BCUT2D eigenvalue weighted by Gasteiger charge is 2.10. The molecule has 3 N–H and O–H groups in total. The van der Waals surface area contributed by atoms with E-state index in [4.69, 9.17) is 10.3 Å². The zero-order chi connectivity index (χ0) is 9.97. The molecular formula is C8H11N5O. The molecule has 2 aromatic rings. The van der Waals surface area contributed by atoms with Gasteiger partial charge in [-0.05, 0) is 6.92 Å². The topological polar surface area (TPSA) is 89.9 Å². The van der Waals surface area contributed by atoms with E-state index < -0.39 is 0 Å². The number of nitrogens with one attached hydrogen (secondary N) is 1. The molecule has 0 spiro atoms. The smallest absolute Gasteiger partial charge is 0.263 e. The van der Waals surface area contributed by atoms with Crippen molar-refractivity contribution in [3.05, 3.63) is 12.0 Å². The molecule has 0 bridgehead atoms. The second-order valence-corrected chi connectivity index (χ2v) is 2.89. The lowest BCUT2D eigenvalue weighted by Gasteiger charge is -2.02. The van der Waals surface area contributed by atoms with Crippen LogP contribution in [0.3, 0.4) is 0 Å². The van der Waals surface area contributed by atoms with Crippen molar-refractivity contribution in [2.45, 2.75) is 6.92 Å². The van der Waals surface area contributed by atoms with E-state index in [0.29, 0.717) is 18.8 Å². The Bertz CT molecular complexity index is 438. The Morgan fingerprint density at radius 2 is 2.36 bits per heavy atom. The zero-order valence-electron chi connectivity index (χ0n) is 7.82. The normalized spacial score (nSPS) is 10.7. The van der Waals surface area contributed by atoms with Gasteiger partial charge in [0.25, 0.3) is 5.71 Å². The molecule has 2 aromatic heterocycles. The third-order valence-electron chi connectivity index (χ3n) is 1.88. The zero-order valence-corrected chi connectivity index (χ0v) is 7.82. The molecule has 74 valence electrons. The van der Waals surface area contributed by atoms with Crippen LogP contribution in [0.2, 0.25) is 0 Å². The molecule has 14 heavy (non-hydrogen) atoms. The summed E-state index contributed by atoms with van der Waals surface area (Å²) in [7, 11) is 0. The first kappa shape index (κ1) is 8.89. The van der Waals surface area contributed by atoms with Crippen molar-refractivity contribution in [2.75, 3.05) is 18.4 Å². The fourth-order valence-electron chi connectivity index (χ4n) is 1.25. The molecule has 0 saturated heterocycles. The van der Waals surface area contributed by atoms with Gasteiger partial charge in [-0.25, -0.2) is 4.98 Å². The van der Waals surface area contributed by atoms with Crippen molar-refractivity contribution >= 4 is 16.9 Å². The van der Waals surface area contributed by atoms with Gasteiger partial charge >= 0.3 is 0 Å². The SMILES string of the molecule is Cc1noc2ncnc(NCCN)c12. The first-order chi connectivity index (χ1) is 6.83. The summed E-state index contributed by atoms with van der Waals surface area (Å²) in [5.74, 6) is 0.721. The molecule has 0 radical (unpaired) electrons. The van der Waals surface area contributed by atoms with E-state index >= 15 is 0 Å². The van der Waals surface area contributed by atoms with Crippen molar-refractivity contribution in [3.8, 4) is 0 Å². The minimum Gasteiger partial charge on any atom is -0.368 e. The number of hydrogen-bond donors (Lipinski definition) is 2. The molecule has 2 rings (SSSR count). The van der Waals surface area contributed by atoms with Crippen LogP contribution in [0, 0.1) is 6.92 Å². The Morgan fingerprint density at radius 1 is 1.50 bits per heavy atom. The summed E-state index contributed by atoms with van der Waals surface area (Å²) in [5, 5.41) is 7.72. The van der Waals surface area contributed by atoms with Gasteiger partial charge in [-0.15, -0.1) is 0 Å². The summed E-state index contributed by atoms with van der Waals surface area (Å²) in [6.45, 7) is 3.06. The summed E-state index contributed by atoms with van der Waals surface area (Å²) in [6.07, 6.45) is 1.44. The van der Waals surface area contributed by atoms with Gasteiger partial charge in [-0.1, -0.05) is 5.16 Å². The van der Waals surface area contributed by atoms with Crippen LogP contribution in [0.1, 0.15) is 5.69 Å². The highest BCUT2D eigenvalue weighted by atomic mass is 16.5. The lowest BCUT2D eigenvalue weighted by Crippen LogP contribution is -2.14. The lowest BCUT2D eigenvalue weighted by molar-refractivity contribution is 0.442. The Kier molecular flexibility index (Phi) is 2.28. The number of aromatic nitrogens is 3. The third-order valence-corrected chi connectivity index (χ3v) is 1.88. The molecule has 0 amide bonds. The van der Waals surface area contributed by atoms with E-state index in [0.717, 1.165) is 16.9 Å². The number of hydrogen-bond acceptors (Lipinski definition) is 6. The summed E-state index contributed by atoms with van der Waals surface area (Å²) in [5.41, 5.74) is 6.66. The first-order valence-electron chi connectivity index (χ1n) is 4.34. The monoisotopic (exact) mass is 193 g/mol. The van der Waals surface area contributed by atoms with Crippen LogP contribution in [-0.4, -0.2) is 28.2 Å². The summed E-state index contributed by atoms with van der Waals surface area (Å²) in [6, 6.07) is 0. The Labute approximate surface area is 80.5 Å². The van der Waals surface area contributed by atoms with Crippen molar-refractivity contribution in [1.82, 2.24) is 15.1 Å². The van der Waals surface area contributed by atoms with Gasteiger partial charge in [-0.3, -0.25) is 0 Å². The quantitative estimate of drug-likeness (QED) is 0.728. The number of fused-ring (bicyclic) bond motifs is 1. The Morgan fingerprint density at radius 3 is 3.14 bits per heavy atom. The first-order valence-corrected chi connectivity index (χ1v) is 4.34. The average Bonchev–Trinajstić information content (AvgIpc) is 2.58. The van der Waals surface area contributed by atoms with E-state index in [-0.39, 0.29) is 0 Å². The van der Waals surface area contributed by atoms with E-state index in [9.17, 15) is 0 Å². The van der Waals surface area contributed by atoms with Crippen LogP contribution < -0.4 is 11.1 Å². The molecular weight excluding hydrogens is 182 g/mol. The molecule has 0 unspecified atom stereocenters. The van der Waals surface area contributed by atoms with Gasteiger partial charge in [0.15, 0.2) is 0 Å². The molecule has 2 heterocycles. The van der Waals surface area contributed by atoms with Crippen molar-refractivity contribution in [3.63, 3.8) is 0 Å². The van der Waals surface area contributed by atoms with E-state index in [1.165, 1.54) is 6.33 Å². The second kappa shape index (κ2) is 3.59. The average molecular weight is 193 g/mol. The maximum Gasteiger partial charge on any atom is 0.263 e. The van der Waals surface area contributed by atoms with Crippen molar-refractivity contribution in [2.24, 2.45) is 5.73 Å². The van der Waals surface area contributed by atoms with Gasteiger partial charge in [0, 0.05) is 13.1 Å². The number of nitrogens with zero attached hydrogens (tertiary/aromatic N) is 3. The number of aryl methyl sites for hydroxylation is 1. The minimum absolute atomic E-state index is 0.497. The third kappa shape index (κ3) is 1.39. The van der Waals surface area contributed by atoms with Crippen LogP contribution in [-0.2, 0) is 0 Å². The predicted octanol–water partition coefficient (Wildman–Crippen LogP) is 0.297. The summed E-state index contributed by atoms with van der Waals surface area (Å²) in [4.78, 5) is 8.06. The molecule has 6 heteroatoms.